The first-order valence-electron chi connectivity index (χ1n) is 9.65. The van der Waals surface area contributed by atoms with Gasteiger partial charge in [-0.3, -0.25) is 0 Å². The predicted molar refractivity (Wildman–Crippen MR) is 134 cm³/mol. The number of aliphatic carboxylic acids is 1. The molecule has 6 heteroatoms. The summed E-state index contributed by atoms with van der Waals surface area (Å²) in [6, 6.07) is 22.3. The summed E-state index contributed by atoms with van der Waals surface area (Å²) in [5.41, 5.74) is 4.21. The molecule has 1 N–H and O–H groups in total. The zero-order chi connectivity index (χ0) is 22.2. The summed E-state index contributed by atoms with van der Waals surface area (Å²) < 4.78 is 12.4. The normalized spacial score (nSPS) is 11.3. The average molecular weight is 546 g/mol. The van der Waals surface area contributed by atoms with Crippen LogP contribution in [0.1, 0.15) is 16.7 Å². The second kappa shape index (κ2) is 11.2. The second-order valence-electron chi connectivity index (χ2n) is 6.77. The molecule has 0 atom stereocenters. The monoisotopic (exact) mass is 546 g/mol. The van der Waals surface area contributed by atoms with Crippen LogP contribution >= 0.6 is 34.4 Å². The summed E-state index contributed by atoms with van der Waals surface area (Å²) in [4.78, 5) is 11.9. The summed E-state index contributed by atoms with van der Waals surface area (Å²) in [5.74, 6) is 0.244. The number of benzene rings is 3. The first-order chi connectivity index (χ1) is 15.0. The average Bonchev–Trinajstić information content (AvgIpc) is 2.77. The molecule has 0 heterocycles. The highest BCUT2D eigenvalue weighted by molar-refractivity contribution is 14.1. The van der Waals surface area contributed by atoms with Crippen molar-refractivity contribution in [3.63, 3.8) is 0 Å². The van der Waals surface area contributed by atoms with E-state index in [0.29, 0.717) is 18.1 Å². The summed E-state index contributed by atoms with van der Waals surface area (Å²) in [6.45, 7) is 1.91. The van der Waals surface area contributed by atoms with E-state index < -0.39 is 5.97 Å². The van der Waals surface area contributed by atoms with Crippen molar-refractivity contribution >= 4 is 45.9 Å². The Kier molecular flexibility index (Phi) is 8.43. The highest BCUT2D eigenvalue weighted by atomic mass is 127. The van der Waals surface area contributed by atoms with E-state index in [4.69, 9.17) is 14.6 Å². The summed E-state index contributed by atoms with van der Waals surface area (Å²) in [6.07, 6.45) is 4.15. The topological polar surface area (TPSA) is 55.8 Å². The van der Waals surface area contributed by atoms with Gasteiger partial charge in [0.15, 0.2) is 6.61 Å². The minimum absolute atomic E-state index is 0.363. The number of aryl methyl sites for hydroxylation is 1. The Balaban J connectivity index is 1.78. The van der Waals surface area contributed by atoms with Crippen LogP contribution in [0.3, 0.4) is 0 Å². The number of carbonyl (C=O) groups is 1. The van der Waals surface area contributed by atoms with E-state index in [1.54, 1.807) is 23.9 Å². The molecule has 160 valence electrons. The van der Waals surface area contributed by atoms with Crippen molar-refractivity contribution in [1.29, 1.82) is 0 Å². The van der Waals surface area contributed by atoms with Gasteiger partial charge in [-0.2, -0.15) is 0 Å². The maximum absolute atomic E-state index is 10.7. The van der Waals surface area contributed by atoms with Crippen LogP contribution in [0.15, 0.2) is 77.7 Å². The molecule has 4 nitrogen and oxygen atoms in total. The molecule has 0 bridgehead atoms. The van der Waals surface area contributed by atoms with Gasteiger partial charge in [-0.15, -0.1) is 11.8 Å². The third-order valence-corrected chi connectivity index (χ3v) is 6.05. The van der Waals surface area contributed by atoms with Gasteiger partial charge in [0.2, 0.25) is 0 Å². The molecule has 0 aromatic heterocycles. The Morgan fingerprint density at radius 2 is 1.65 bits per heavy atom. The van der Waals surface area contributed by atoms with Gasteiger partial charge in [-0.25, -0.2) is 4.79 Å². The van der Waals surface area contributed by atoms with Gasteiger partial charge in [-0.05, 0) is 107 Å². The number of carboxylic acid groups (broad SMARTS) is 1. The molecule has 0 radical (unpaired) electrons. The molecule has 0 saturated carbocycles. The summed E-state index contributed by atoms with van der Waals surface area (Å²) in [5, 5.41) is 8.76. The van der Waals surface area contributed by atoms with Crippen molar-refractivity contribution in [1.82, 2.24) is 0 Å². The standard InChI is InChI=1S/C25H23IO4S/c1-17-15-21(9-12-24(17)30-16-25(27)28)29-14-13-23(18-3-7-20(26)8-4-18)19-5-10-22(31-2)11-6-19/h3-13,15H,14,16H2,1-2H3,(H,27,28). The van der Waals surface area contributed by atoms with Crippen molar-refractivity contribution in [2.75, 3.05) is 19.5 Å². The van der Waals surface area contributed by atoms with E-state index in [1.807, 2.05) is 13.0 Å². The molecule has 0 aliphatic carbocycles. The lowest BCUT2D eigenvalue weighted by atomic mass is 9.98. The summed E-state index contributed by atoms with van der Waals surface area (Å²) in [7, 11) is 0. The first-order valence-corrected chi connectivity index (χ1v) is 11.9. The Labute approximate surface area is 200 Å². The van der Waals surface area contributed by atoms with Crippen molar-refractivity contribution < 1.29 is 19.4 Å². The van der Waals surface area contributed by atoms with Crippen LogP contribution < -0.4 is 9.47 Å². The molecule has 31 heavy (non-hydrogen) atoms. The molecule has 0 aliphatic rings. The maximum Gasteiger partial charge on any atom is 0.341 e. The number of rotatable bonds is 9. The van der Waals surface area contributed by atoms with Crippen molar-refractivity contribution in [3.8, 4) is 11.5 Å². The summed E-state index contributed by atoms with van der Waals surface area (Å²) >= 11 is 4.03. The van der Waals surface area contributed by atoms with E-state index in [2.05, 4.69) is 83.5 Å². The fourth-order valence-corrected chi connectivity index (χ4v) is 3.80. The van der Waals surface area contributed by atoms with E-state index in [-0.39, 0.29) is 6.61 Å². The lowest BCUT2D eigenvalue weighted by Crippen LogP contribution is -2.10. The third kappa shape index (κ3) is 6.77. The minimum atomic E-state index is -1.00. The molecule has 0 saturated heterocycles. The Bertz CT molecular complexity index is 1060. The molecule has 3 rings (SSSR count). The molecule has 0 aliphatic heterocycles. The lowest BCUT2D eigenvalue weighted by molar-refractivity contribution is -0.139. The number of thioether (sulfide) groups is 1. The van der Waals surface area contributed by atoms with Crippen LogP contribution in [0, 0.1) is 10.5 Å². The SMILES string of the molecule is CSc1ccc(C(=CCOc2ccc(OCC(=O)O)c(C)c2)c2ccc(I)cc2)cc1. The zero-order valence-electron chi connectivity index (χ0n) is 17.3. The van der Waals surface area contributed by atoms with Crippen LogP contribution in [-0.4, -0.2) is 30.5 Å². The van der Waals surface area contributed by atoms with Gasteiger partial charge >= 0.3 is 5.97 Å². The lowest BCUT2D eigenvalue weighted by Gasteiger charge is -2.12. The molecule has 0 unspecified atom stereocenters. The molecular formula is C25H23IO4S. The van der Waals surface area contributed by atoms with Gasteiger partial charge in [0.05, 0.1) is 0 Å². The van der Waals surface area contributed by atoms with E-state index in [9.17, 15) is 4.79 Å². The number of ether oxygens (including phenoxy) is 2. The number of halogens is 1. The van der Waals surface area contributed by atoms with Crippen LogP contribution in [0.4, 0.5) is 0 Å². The Morgan fingerprint density at radius 3 is 2.23 bits per heavy atom. The number of hydrogen-bond acceptors (Lipinski definition) is 4. The van der Waals surface area contributed by atoms with Crippen LogP contribution in [0.25, 0.3) is 5.57 Å². The highest BCUT2D eigenvalue weighted by Gasteiger charge is 2.07. The Hall–Kier alpha value is -2.45. The van der Waals surface area contributed by atoms with Crippen molar-refractivity contribution in [2.45, 2.75) is 11.8 Å². The molecule has 0 spiro atoms. The Morgan fingerprint density at radius 1 is 1.00 bits per heavy atom. The van der Waals surface area contributed by atoms with Gasteiger partial charge in [0.1, 0.15) is 18.1 Å². The number of hydrogen-bond donors (Lipinski definition) is 1. The first kappa shape index (κ1) is 23.2. The van der Waals surface area contributed by atoms with E-state index in [0.717, 1.165) is 22.3 Å². The quantitative estimate of drug-likeness (QED) is 0.252. The molecule has 0 amide bonds. The molecule has 3 aromatic carbocycles. The fourth-order valence-electron chi connectivity index (χ4n) is 3.04. The minimum Gasteiger partial charge on any atom is -0.489 e. The molecule has 3 aromatic rings. The van der Waals surface area contributed by atoms with Crippen LogP contribution in [0.5, 0.6) is 11.5 Å². The fraction of sp³-hybridized carbons (Fsp3) is 0.160. The van der Waals surface area contributed by atoms with Crippen LogP contribution in [-0.2, 0) is 4.79 Å². The second-order valence-corrected chi connectivity index (χ2v) is 8.90. The van der Waals surface area contributed by atoms with E-state index in [1.165, 1.54) is 8.47 Å². The third-order valence-electron chi connectivity index (χ3n) is 4.59. The van der Waals surface area contributed by atoms with Gasteiger partial charge < -0.3 is 14.6 Å². The van der Waals surface area contributed by atoms with Gasteiger partial charge in [0, 0.05) is 8.47 Å². The maximum atomic E-state index is 10.7. The highest BCUT2D eigenvalue weighted by Crippen LogP contribution is 2.27. The van der Waals surface area contributed by atoms with Crippen molar-refractivity contribution in [2.24, 2.45) is 0 Å². The zero-order valence-corrected chi connectivity index (χ0v) is 20.3. The largest absolute Gasteiger partial charge is 0.489 e. The van der Waals surface area contributed by atoms with Crippen LogP contribution in [0.2, 0.25) is 0 Å². The predicted octanol–water partition coefficient (Wildman–Crippen LogP) is 6.30. The van der Waals surface area contributed by atoms with Gasteiger partial charge in [-0.1, -0.05) is 24.3 Å². The van der Waals surface area contributed by atoms with E-state index >= 15 is 0 Å². The number of carboxylic acids is 1. The molecular weight excluding hydrogens is 523 g/mol. The smallest absolute Gasteiger partial charge is 0.341 e. The van der Waals surface area contributed by atoms with Crippen molar-refractivity contribution in [3.05, 3.63) is 93.1 Å². The van der Waals surface area contributed by atoms with Gasteiger partial charge in [0.25, 0.3) is 0 Å². The molecule has 0 fully saturated rings.